The Kier molecular flexibility index (Phi) is 5.05. The van der Waals surface area contributed by atoms with Crippen molar-refractivity contribution in [2.24, 2.45) is 5.92 Å². The van der Waals surface area contributed by atoms with Gasteiger partial charge >= 0.3 is 0 Å². The highest BCUT2D eigenvalue weighted by Gasteiger charge is 2.26. The van der Waals surface area contributed by atoms with Crippen LogP contribution in [0.25, 0.3) is 0 Å². The highest BCUT2D eigenvalue weighted by atomic mass is 32.2. The van der Waals surface area contributed by atoms with Gasteiger partial charge in [-0.15, -0.1) is 0 Å². The van der Waals surface area contributed by atoms with Crippen LogP contribution in [0.3, 0.4) is 0 Å². The van der Waals surface area contributed by atoms with Crippen LogP contribution in [0, 0.1) is 5.92 Å². The molecule has 2 rings (SSSR count). The van der Waals surface area contributed by atoms with Gasteiger partial charge in [0.1, 0.15) is 11.6 Å². The zero-order valence-corrected chi connectivity index (χ0v) is 13.0. The van der Waals surface area contributed by atoms with Crippen LogP contribution in [0.5, 0.6) is 0 Å². The summed E-state index contributed by atoms with van der Waals surface area (Å²) in [4.78, 5) is 22.9. The van der Waals surface area contributed by atoms with Crippen molar-refractivity contribution >= 4 is 29.3 Å². The molecule has 1 aromatic heterocycles. The summed E-state index contributed by atoms with van der Waals surface area (Å²) >= 11 is 1.52. The van der Waals surface area contributed by atoms with Crippen molar-refractivity contribution in [2.45, 2.75) is 18.0 Å². The third-order valence-electron chi connectivity index (χ3n) is 3.49. The molecule has 1 atom stereocenters. The van der Waals surface area contributed by atoms with Gasteiger partial charge in [-0.2, -0.15) is 0 Å². The molecule has 0 saturated carbocycles. The number of hydrogen-bond donors (Lipinski definition) is 2. The van der Waals surface area contributed by atoms with E-state index < -0.39 is 0 Å². The number of amides is 1. The number of piperidine rings is 1. The summed E-state index contributed by atoms with van der Waals surface area (Å²) in [5, 5.41) is 6.54. The Morgan fingerprint density at radius 2 is 2.25 bits per heavy atom. The molecule has 20 heavy (non-hydrogen) atoms. The molecule has 1 unspecified atom stereocenters. The summed E-state index contributed by atoms with van der Waals surface area (Å²) in [7, 11) is 3.54. The number of hydrogen-bond acceptors (Lipinski definition) is 6. The monoisotopic (exact) mass is 295 g/mol. The van der Waals surface area contributed by atoms with E-state index in [2.05, 4.69) is 25.5 Å². The summed E-state index contributed by atoms with van der Waals surface area (Å²) in [5.41, 5.74) is 0. The molecule has 1 fully saturated rings. The third kappa shape index (κ3) is 3.33. The number of nitrogens with one attached hydrogen (secondary N) is 2. The number of aromatic nitrogens is 2. The van der Waals surface area contributed by atoms with E-state index in [9.17, 15) is 4.79 Å². The minimum Gasteiger partial charge on any atom is -0.373 e. The molecular formula is C13H21N5OS. The molecule has 1 amide bonds. The van der Waals surface area contributed by atoms with Crippen LogP contribution >= 0.6 is 11.8 Å². The van der Waals surface area contributed by atoms with Crippen LogP contribution < -0.4 is 15.5 Å². The molecule has 110 valence electrons. The Balaban J connectivity index is 2.19. The van der Waals surface area contributed by atoms with Crippen LogP contribution in [0.2, 0.25) is 0 Å². The maximum absolute atomic E-state index is 11.8. The highest BCUT2D eigenvalue weighted by Crippen LogP contribution is 2.25. The van der Waals surface area contributed by atoms with E-state index in [4.69, 9.17) is 0 Å². The summed E-state index contributed by atoms with van der Waals surface area (Å²) in [5.74, 6) is 1.85. The van der Waals surface area contributed by atoms with Gasteiger partial charge in [-0.25, -0.2) is 9.97 Å². The van der Waals surface area contributed by atoms with Gasteiger partial charge in [-0.05, 0) is 19.1 Å². The van der Waals surface area contributed by atoms with Crippen molar-refractivity contribution in [3.63, 3.8) is 0 Å². The van der Waals surface area contributed by atoms with Crippen LogP contribution in [0.4, 0.5) is 11.6 Å². The van der Waals surface area contributed by atoms with Gasteiger partial charge < -0.3 is 15.5 Å². The van der Waals surface area contributed by atoms with Crippen molar-refractivity contribution < 1.29 is 4.79 Å². The molecule has 0 radical (unpaired) electrons. The van der Waals surface area contributed by atoms with E-state index in [0.717, 1.165) is 36.2 Å². The Morgan fingerprint density at radius 1 is 1.45 bits per heavy atom. The summed E-state index contributed by atoms with van der Waals surface area (Å²) in [6, 6.07) is 1.94. The Morgan fingerprint density at radius 3 is 2.90 bits per heavy atom. The molecule has 0 bridgehead atoms. The molecule has 0 aromatic carbocycles. The van der Waals surface area contributed by atoms with Crippen LogP contribution in [0.1, 0.15) is 12.8 Å². The Hall–Kier alpha value is -1.50. The van der Waals surface area contributed by atoms with E-state index >= 15 is 0 Å². The molecule has 2 N–H and O–H groups in total. The van der Waals surface area contributed by atoms with Crippen LogP contribution in [0.15, 0.2) is 11.2 Å². The molecular weight excluding hydrogens is 274 g/mol. The Bertz CT molecular complexity index is 460. The topological polar surface area (TPSA) is 70.2 Å². The van der Waals surface area contributed by atoms with Gasteiger partial charge in [0.25, 0.3) is 0 Å². The zero-order chi connectivity index (χ0) is 14.5. The average Bonchev–Trinajstić information content (AvgIpc) is 2.53. The van der Waals surface area contributed by atoms with Crippen molar-refractivity contribution in [1.29, 1.82) is 0 Å². The quantitative estimate of drug-likeness (QED) is 0.642. The van der Waals surface area contributed by atoms with Gasteiger partial charge in [0.2, 0.25) is 5.91 Å². The minimum absolute atomic E-state index is 0.0412. The van der Waals surface area contributed by atoms with Crippen LogP contribution in [-0.4, -0.2) is 49.3 Å². The molecule has 0 spiro atoms. The van der Waals surface area contributed by atoms with Gasteiger partial charge in [-0.3, -0.25) is 4.79 Å². The summed E-state index contributed by atoms with van der Waals surface area (Å²) < 4.78 is 0. The number of rotatable bonds is 4. The van der Waals surface area contributed by atoms with E-state index in [-0.39, 0.29) is 11.8 Å². The highest BCUT2D eigenvalue weighted by molar-refractivity contribution is 7.98. The van der Waals surface area contributed by atoms with Crippen LogP contribution in [-0.2, 0) is 4.79 Å². The summed E-state index contributed by atoms with van der Waals surface area (Å²) in [6.45, 7) is 1.65. The van der Waals surface area contributed by atoms with Gasteiger partial charge in [0, 0.05) is 33.3 Å². The van der Waals surface area contributed by atoms with Crippen molar-refractivity contribution in [3.05, 3.63) is 6.07 Å². The molecule has 2 heterocycles. The number of carbonyl (C=O) groups excluding carboxylic acids is 1. The number of thioether (sulfide) groups is 1. The van der Waals surface area contributed by atoms with E-state index in [1.54, 1.807) is 7.05 Å². The van der Waals surface area contributed by atoms with Gasteiger partial charge in [-0.1, -0.05) is 11.8 Å². The van der Waals surface area contributed by atoms with E-state index in [0.29, 0.717) is 6.54 Å². The first-order valence-electron chi connectivity index (χ1n) is 6.75. The number of nitrogens with zero attached hydrogens (tertiary/aromatic N) is 3. The standard InChI is InChI=1S/C13H21N5OS/c1-14-10-7-11(17-13(16-10)20-3)18-6-4-5-9(8-18)12(19)15-2/h7,9H,4-6,8H2,1-3H3,(H,15,19)(H,14,16,17). The molecule has 1 aliphatic rings. The fourth-order valence-corrected chi connectivity index (χ4v) is 2.77. The van der Waals surface area contributed by atoms with Crippen molar-refractivity contribution in [2.75, 3.05) is 43.7 Å². The zero-order valence-electron chi connectivity index (χ0n) is 12.1. The van der Waals surface area contributed by atoms with Gasteiger partial charge in [0.05, 0.1) is 5.92 Å². The van der Waals surface area contributed by atoms with Gasteiger partial charge in [0.15, 0.2) is 5.16 Å². The lowest BCUT2D eigenvalue weighted by Crippen LogP contribution is -2.42. The Labute approximate surface area is 123 Å². The predicted molar refractivity (Wildman–Crippen MR) is 82.4 cm³/mol. The average molecular weight is 295 g/mol. The SMILES string of the molecule is CNC(=O)C1CCCN(c2cc(NC)nc(SC)n2)C1. The first-order chi connectivity index (χ1) is 9.67. The predicted octanol–water partition coefficient (Wildman–Crippen LogP) is 1.20. The molecule has 1 aromatic rings. The normalized spacial score (nSPS) is 18.8. The lowest BCUT2D eigenvalue weighted by molar-refractivity contribution is -0.124. The lowest BCUT2D eigenvalue weighted by atomic mass is 9.97. The van der Waals surface area contributed by atoms with E-state index in [1.165, 1.54) is 11.8 Å². The first-order valence-corrected chi connectivity index (χ1v) is 7.97. The van der Waals surface area contributed by atoms with Crippen molar-refractivity contribution in [1.82, 2.24) is 15.3 Å². The van der Waals surface area contributed by atoms with E-state index in [1.807, 2.05) is 19.4 Å². The summed E-state index contributed by atoms with van der Waals surface area (Å²) in [6.07, 6.45) is 3.91. The largest absolute Gasteiger partial charge is 0.373 e. The lowest BCUT2D eigenvalue weighted by Gasteiger charge is -2.32. The van der Waals surface area contributed by atoms with Crippen molar-refractivity contribution in [3.8, 4) is 0 Å². The molecule has 1 aliphatic heterocycles. The number of anilines is 2. The molecule has 1 saturated heterocycles. The fraction of sp³-hybridized carbons (Fsp3) is 0.615. The fourth-order valence-electron chi connectivity index (χ4n) is 2.40. The second kappa shape index (κ2) is 6.78. The minimum atomic E-state index is 0.0412. The number of carbonyl (C=O) groups is 1. The molecule has 6 nitrogen and oxygen atoms in total. The second-order valence-corrected chi connectivity index (χ2v) is 5.52. The third-order valence-corrected chi connectivity index (χ3v) is 4.04. The maximum Gasteiger partial charge on any atom is 0.224 e. The first kappa shape index (κ1) is 14.9. The maximum atomic E-state index is 11.8. The molecule has 7 heteroatoms. The smallest absolute Gasteiger partial charge is 0.224 e. The molecule has 0 aliphatic carbocycles. The second-order valence-electron chi connectivity index (χ2n) is 4.75.